The Hall–Kier alpha value is -2.15. The van der Waals surface area contributed by atoms with Crippen LogP contribution in [-0.4, -0.2) is 28.3 Å². The highest BCUT2D eigenvalue weighted by molar-refractivity contribution is 6.00. The van der Waals surface area contributed by atoms with Crippen LogP contribution < -0.4 is 11.3 Å². The number of benzene rings is 1. The summed E-state index contributed by atoms with van der Waals surface area (Å²) < 4.78 is 0. The number of nitrogens with two attached hydrogens (primary N) is 1. The Labute approximate surface area is 123 Å². The van der Waals surface area contributed by atoms with E-state index in [0.29, 0.717) is 12.5 Å². The molecule has 2 unspecified atom stereocenters. The predicted octanol–water partition coefficient (Wildman–Crippen LogP) is 2.14. The fourth-order valence-corrected chi connectivity index (χ4v) is 2.76. The third-order valence-corrected chi connectivity index (χ3v) is 3.98. The fraction of sp³-hybridized carbons (Fsp3) is 0.500. The van der Waals surface area contributed by atoms with Crippen LogP contribution in [0.3, 0.4) is 0 Å². The highest BCUT2D eigenvalue weighted by Gasteiger charge is 2.32. The second-order valence-corrected chi connectivity index (χ2v) is 5.59. The van der Waals surface area contributed by atoms with Crippen LogP contribution in [0.1, 0.15) is 37.0 Å². The first kappa shape index (κ1) is 15.2. The molecular formula is C14H20N4O3. The first-order valence-electron chi connectivity index (χ1n) is 7.00. The van der Waals surface area contributed by atoms with Gasteiger partial charge in [-0.1, -0.05) is 13.0 Å². The molecular weight excluding hydrogens is 272 g/mol. The van der Waals surface area contributed by atoms with Crippen LogP contribution in [0, 0.1) is 16.0 Å². The minimum absolute atomic E-state index is 0.0800. The Balaban J connectivity index is 2.41. The van der Waals surface area contributed by atoms with E-state index in [-0.39, 0.29) is 28.9 Å². The van der Waals surface area contributed by atoms with E-state index in [9.17, 15) is 14.9 Å². The average Bonchev–Trinajstić information content (AvgIpc) is 2.48. The molecule has 2 rings (SSSR count). The minimum Gasteiger partial charge on any atom is -0.335 e. The lowest BCUT2D eigenvalue weighted by atomic mass is 9.94. The zero-order chi connectivity index (χ0) is 15.6. The van der Waals surface area contributed by atoms with Gasteiger partial charge in [0.25, 0.3) is 5.91 Å². The SMILES string of the molecule is CC1CCC(C)N(C(=O)c2cccc(NN)c2[N+](=O)[O-])C1. The third-order valence-electron chi connectivity index (χ3n) is 3.98. The molecule has 0 aliphatic carbocycles. The maximum atomic E-state index is 12.7. The first-order chi connectivity index (χ1) is 9.95. The summed E-state index contributed by atoms with van der Waals surface area (Å²) in [6, 6.07) is 4.64. The van der Waals surface area contributed by atoms with Gasteiger partial charge in [-0.05, 0) is 37.8 Å². The topological polar surface area (TPSA) is 102 Å². The number of para-hydroxylation sites is 1. The second-order valence-electron chi connectivity index (χ2n) is 5.59. The number of nitrogens with one attached hydrogen (secondary N) is 1. The molecule has 1 aliphatic heterocycles. The quantitative estimate of drug-likeness (QED) is 0.505. The molecule has 1 aromatic rings. The largest absolute Gasteiger partial charge is 0.335 e. The van der Waals surface area contributed by atoms with Crippen LogP contribution in [0.4, 0.5) is 11.4 Å². The zero-order valence-corrected chi connectivity index (χ0v) is 12.2. The van der Waals surface area contributed by atoms with Crippen LogP contribution >= 0.6 is 0 Å². The van der Waals surface area contributed by atoms with Gasteiger partial charge in [-0.3, -0.25) is 20.8 Å². The number of rotatable bonds is 3. The number of piperidine rings is 1. The summed E-state index contributed by atoms with van der Waals surface area (Å²) in [5, 5.41) is 11.3. The van der Waals surface area contributed by atoms with E-state index >= 15 is 0 Å². The number of hydrogen-bond acceptors (Lipinski definition) is 5. The van der Waals surface area contributed by atoms with Gasteiger partial charge in [0.1, 0.15) is 11.3 Å². The molecule has 1 aromatic carbocycles. The first-order valence-corrected chi connectivity index (χ1v) is 7.00. The maximum absolute atomic E-state index is 12.7. The minimum atomic E-state index is -0.569. The molecule has 0 saturated carbocycles. The van der Waals surface area contributed by atoms with Crippen LogP contribution in [-0.2, 0) is 0 Å². The number of hydrogen-bond donors (Lipinski definition) is 2. The number of amides is 1. The molecule has 0 bridgehead atoms. The van der Waals surface area contributed by atoms with Gasteiger partial charge in [-0.15, -0.1) is 0 Å². The summed E-state index contributed by atoms with van der Waals surface area (Å²) in [4.78, 5) is 25.1. The Kier molecular flexibility index (Phi) is 4.42. The Morgan fingerprint density at radius 3 is 2.76 bits per heavy atom. The van der Waals surface area contributed by atoms with Gasteiger partial charge in [-0.25, -0.2) is 0 Å². The lowest BCUT2D eigenvalue weighted by Crippen LogP contribution is -2.45. The summed E-state index contributed by atoms with van der Waals surface area (Å²) in [5.74, 6) is 5.40. The number of hydrazine groups is 1. The normalized spacial score (nSPS) is 22.0. The second kappa shape index (κ2) is 6.09. The molecule has 7 heteroatoms. The fourth-order valence-electron chi connectivity index (χ4n) is 2.76. The van der Waals surface area contributed by atoms with Gasteiger partial charge in [0, 0.05) is 12.6 Å². The van der Waals surface area contributed by atoms with Gasteiger partial charge >= 0.3 is 5.69 Å². The number of carbonyl (C=O) groups is 1. The van der Waals surface area contributed by atoms with Crippen molar-refractivity contribution < 1.29 is 9.72 Å². The van der Waals surface area contributed by atoms with Crippen LogP contribution in [0.15, 0.2) is 18.2 Å². The Morgan fingerprint density at radius 2 is 2.14 bits per heavy atom. The number of nitrogens with zero attached hydrogens (tertiary/aromatic N) is 2. The van der Waals surface area contributed by atoms with Crippen molar-refractivity contribution in [1.82, 2.24) is 4.90 Å². The van der Waals surface area contributed by atoms with E-state index < -0.39 is 4.92 Å². The molecule has 0 spiro atoms. The zero-order valence-electron chi connectivity index (χ0n) is 12.2. The Morgan fingerprint density at radius 1 is 1.43 bits per heavy atom. The molecule has 21 heavy (non-hydrogen) atoms. The molecule has 0 radical (unpaired) electrons. The number of nitro groups is 1. The number of nitrogen functional groups attached to an aromatic ring is 1. The predicted molar refractivity (Wildman–Crippen MR) is 79.8 cm³/mol. The van der Waals surface area contributed by atoms with E-state index in [1.54, 1.807) is 11.0 Å². The van der Waals surface area contributed by atoms with Gasteiger partial charge in [-0.2, -0.15) is 0 Å². The van der Waals surface area contributed by atoms with E-state index in [4.69, 9.17) is 5.84 Å². The summed E-state index contributed by atoms with van der Waals surface area (Å²) >= 11 is 0. The molecule has 114 valence electrons. The molecule has 1 fully saturated rings. The molecule has 1 heterocycles. The summed E-state index contributed by atoms with van der Waals surface area (Å²) in [6.07, 6.45) is 1.98. The molecule has 0 aromatic heterocycles. The van der Waals surface area contributed by atoms with E-state index in [2.05, 4.69) is 12.3 Å². The summed E-state index contributed by atoms with van der Waals surface area (Å²) in [5.41, 5.74) is 2.24. The van der Waals surface area contributed by atoms with Crippen molar-refractivity contribution in [3.63, 3.8) is 0 Å². The van der Waals surface area contributed by atoms with E-state index in [1.807, 2.05) is 6.92 Å². The van der Waals surface area contributed by atoms with Crippen molar-refractivity contribution >= 4 is 17.3 Å². The van der Waals surface area contributed by atoms with Crippen molar-refractivity contribution in [2.24, 2.45) is 11.8 Å². The number of anilines is 1. The van der Waals surface area contributed by atoms with Crippen LogP contribution in [0.5, 0.6) is 0 Å². The van der Waals surface area contributed by atoms with Crippen molar-refractivity contribution in [3.05, 3.63) is 33.9 Å². The highest BCUT2D eigenvalue weighted by atomic mass is 16.6. The van der Waals surface area contributed by atoms with E-state index in [0.717, 1.165) is 12.8 Å². The average molecular weight is 292 g/mol. The molecule has 3 N–H and O–H groups in total. The van der Waals surface area contributed by atoms with Crippen molar-refractivity contribution in [1.29, 1.82) is 0 Å². The number of carbonyl (C=O) groups excluding carboxylic acids is 1. The van der Waals surface area contributed by atoms with Gasteiger partial charge < -0.3 is 10.3 Å². The maximum Gasteiger partial charge on any atom is 0.306 e. The highest BCUT2D eigenvalue weighted by Crippen LogP contribution is 2.31. The van der Waals surface area contributed by atoms with Crippen molar-refractivity contribution in [2.75, 3.05) is 12.0 Å². The Bertz CT molecular complexity index is 561. The molecule has 1 amide bonds. The summed E-state index contributed by atoms with van der Waals surface area (Å²) in [6.45, 7) is 4.68. The number of nitro benzene ring substituents is 1. The molecule has 7 nitrogen and oxygen atoms in total. The lowest BCUT2D eigenvalue weighted by Gasteiger charge is -2.36. The van der Waals surface area contributed by atoms with Gasteiger partial charge in [0.2, 0.25) is 0 Å². The third kappa shape index (κ3) is 2.97. The lowest BCUT2D eigenvalue weighted by molar-refractivity contribution is -0.384. The van der Waals surface area contributed by atoms with Gasteiger partial charge in [0.05, 0.1) is 4.92 Å². The summed E-state index contributed by atoms with van der Waals surface area (Å²) in [7, 11) is 0. The standard InChI is InChI=1S/C14H20N4O3/c1-9-6-7-10(2)17(8-9)14(19)11-4-3-5-12(16-15)13(11)18(20)21/h3-5,9-10,16H,6-8,15H2,1-2H3. The van der Waals surface area contributed by atoms with Crippen LogP contribution in [0.25, 0.3) is 0 Å². The van der Waals surface area contributed by atoms with Crippen LogP contribution in [0.2, 0.25) is 0 Å². The van der Waals surface area contributed by atoms with E-state index in [1.165, 1.54) is 12.1 Å². The number of likely N-dealkylation sites (tertiary alicyclic amines) is 1. The molecule has 1 aliphatic rings. The monoisotopic (exact) mass is 292 g/mol. The molecule has 2 atom stereocenters. The van der Waals surface area contributed by atoms with Crippen molar-refractivity contribution in [2.45, 2.75) is 32.7 Å². The smallest absolute Gasteiger partial charge is 0.306 e. The molecule has 1 saturated heterocycles. The van der Waals surface area contributed by atoms with Gasteiger partial charge in [0.15, 0.2) is 0 Å². The van der Waals surface area contributed by atoms with Crippen molar-refractivity contribution in [3.8, 4) is 0 Å².